The molecule has 0 bridgehead atoms. The van der Waals surface area contributed by atoms with Crippen molar-refractivity contribution in [1.29, 1.82) is 0 Å². The lowest BCUT2D eigenvalue weighted by Gasteiger charge is -2.18. The molecule has 0 aliphatic heterocycles. The van der Waals surface area contributed by atoms with Gasteiger partial charge in [-0.15, -0.1) is 0 Å². The Hall–Kier alpha value is -0.540. The topological polar surface area (TPSA) is 69.7 Å². The third-order valence-electron chi connectivity index (χ3n) is 2.53. The Morgan fingerprint density at radius 3 is 2.38 bits per heavy atom. The average Bonchev–Trinajstić information content (AvgIpc) is 2.33. The highest BCUT2D eigenvalue weighted by Crippen LogP contribution is 2.46. The third kappa shape index (κ3) is 6.76. The van der Waals surface area contributed by atoms with Gasteiger partial charge in [-0.2, -0.15) is 21.6 Å². The third-order valence-corrected chi connectivity index (χ3v) is 6.56. The van der Waals surface area contributed by atoms with E-state index in [0.717, 1.165) is 6.07 Å². The molecule has 1 rings (SSSR count). The van der Waals surface area contributed by atoms with Crippen LogP contribution in [0.1, 0.15) is 19.4 Å². The predicted octanol–water partition coefficient (Wildman–Crippen LogP) is 4.60. The van der Waals surface area contributed by atoms with E-state index in [-0.39, 0.29) is 5.56 Å². The zero-order valence-corrected chi connectivity index (χ0v) is 16.0. The molecular weight excluding hydrogens is 388 g/mol. The van der Waals surface area contributed by atoms with Crippen LogP contribution < -0.4 is 0 Å². The van der Waals surface area contributed by atoms with Crippen LogP contribution in [0.5, 0.6) is 0 Å². The van der Waals surface area contributed by atoms with E-state index in [1.54, 1.807) is 13.8 Å². The van der Waals surface area contributed by atoms with E-state index in [4.69, 9.17) is 8.71 Å². The summed E-state index contributed by atoms with van der Waals surface area (Å²) in [6, 6.07) is 3.71. The molecule has 5 nitrogen and oxygen atoms in total. The molecule has 0 radical (unpaired) electrons. The van der Waals surface area contributed by atoms with E-state index in [2.05, 4.69) is 0 Å². The maximum Gasteiger partial charge on any atom is 0.446 e. The van der Waals surface area contributed by atoms with E-state index in [9.17, 15) is 26.2 Å². The minimum absolute atomic E-state index is 0.0972. The van der Waals surface area contributed by atoms with Gasteiger partial charge in [0.15, 0.2) is 0 Å². The van der Waals surface area contributed by atoms with Gasteiger partial charge in [-0.1, -0.05) is 12.1 Å². The summed E-state index contributed by atoms with van der Waals surface area (Å²) in [7, 11) is -7.90. The standard InChI is InChI=1S/C13H18F3O5PS2/c1-9(2)21-22(4,17)8-20-24(18,19)12-10(3)6-5-7-11(12)23-13(14,15)16/h5-7,9H,8H2,1-4H3. The van der Waals surface area contributed by atoms with Crippen molar-refractivity contribution >= 4 is 29.2 Å². The molecule has 0 N–H and O–H groups in total. The van der Waals surface area contributed by atoms with Crippen molar-refractivity contribution in [1.82, 2.24) is 0 Å². The largest absolute Gasteiger partial charge is 0.446 e. The van der Waals surface area contributed by atoms with Gasteiger partial charge in [0.2, 0.25) is 7.37 Å². The Labute approximate surface area is 143 Å². The van der Waals surface area contributed by atoms with Gasteiger partial charge in [-0.05, 0) is 44.2 Å². The lowest BCUT2D eigenvalue weighted by molar-refractivity contribution is -0.0329. The predicted molar refractivity (Wildman–Crippen MR) is 86.0 cm³/mol. The fraction of sp³-hybridized carbons (Fsp3) is 0.538. The molecule has 0 amide bonds. The van der Waals surface area contributed by atoms with Crippen molar-refractivity contribution in [3.05, 3.63) is 23.8 Å². The first-order valence-electron chi connectivity index (χ1n) is 6.73. The Balaban J connectivity index is 3.13. The van der Waals surface area contributed by atoms with Crippen molar-refractivity contribution in [2.75, 3.05) is 13.0 Å². The molecule has 0 saturated heterocycles. The summed E-state index contributed by atoms with van der Waals surface area (Å²) < 4.78 is 84.4. The van der Waals surface area contributed by atoms with Crippen LogP contribution >= 0.6 is 19.1 Å². The molecule has 0 aliphatic carbocycles. The number of rotatable bonds is 7. The Morgan fingerprint density at radius 1 is 1.29 bits per heavy atom. The normalized spacial score (nSPS) is 15.5. The zero-order chi connectivity index (χ0) is 18.8. The maximum absolute atomic E-state index is 12.6. The molecule has 0 saturated carbocycles. The Morgan fingerprint density at radius 2 is 1.88 bits per heavy atom. The summed E-state index contributed by atoms with van der Waals surface area (Å²) in [5, 5.41) is 0. The second kappa shape index (κ2) is 7.78. The van der Waals surface area contributed by atoms with Crippen LogP contribution in [0.4, 0.5) is 13.2 Å². The lowest BCUT2D eigenvalue weighted by Crippen LogP contribution is -2.13. The van der Waals surface area contributed by atoms with Crippen molar-refractivity contribution in [3.63, 3.8) is 0 Å². The second-order valence-corrected chi connectivity index (χ2v) is 10.5. The fourth-order valence-corrected chi connectivity index (χ4v) is 6.10. The Kier molecular flexibility index (Phi) is 6.97. The Bertz CT molecular complexity index is 732. The molecule has 0 heterocycles. The van der Waals surface area contributed by atoms with Crippen molar-refractivity contribution in [3.8, 4) is 0 Å². The summed E-state index contributed by atoms with van der Waals surface area (Å²) in [4.78, 5) is -1.09. The van der Waals surface area contributed by atoms with Gasteiger partial charge in [-0.3, -0.25) is 8.75 Å². The molecule has 11 heteroatoms. The number of thioether (sulfide) groups is 1. The van der Waals surface area contributed by atoms with Gasteiger partial charge in [-0.25, -0.2) is 0 Å². The molecule has 0 aromatic heterocycles. The van der Waals surface area contributed by atoms with E-state index < -0.39 is 57.0 Å². The summed E-state index contributed by atoms with van der Waals surface area (Å²) in [5.41, 5.74) is -4.56. The second-order valence-electron chi connectivity index (χ2n) is 5.32. The van der Waals surface area contributed by atoms with Gasteiger partial charge in [0.25, 0.3) is 10.1 Å². The number of aryl methyl sites for hydroxylation is 1. The highest BCUT2D eigenvalue weighted by Gasteiger charge is 2.34. The van der Waals surface area contributed by atoms with E-state index in [1.807, 2.05) is 0 Å². The van der Waals surface area contributed by atoms with Crippen LogP contribution in [0.15, 0.2) is 28.0 Å². The quantitative estimate of drug-likeness (QED) is 0.374. The zero-order valence-electron chi connectivity index (χ0n) is 13.5. The molecule has 138 valence electrons. The van der Waals surface area contributed by atoms with E-state index in [0.29, 0.717) is 0 Å². The van der Waals surface area contributed by atoms with Gasteiger partial charge < -0.3 is 4.52 Å². The van der Waals surface area contributed by atoms with Crippen molar-refractivity contribution in [2.24, 2.45) is 0 Å². The van der Waals surface area contributed by atoms with Crippen LogP contribution in [0.2, 0.25) is 0 Å². The van der Waals surface area contributed by atoms with Crippen molar-refractivity contribution in [2.45, 2.75) is 42.2 Å². The van der Waals surface area contributed by atoms with Gasteiger partial charge in [0.05, 0.1) is 6.10 Å². The van der Waals surface area contributed by atoms with E-state index >= 15 is 0 Å². The first-order chi connectivity index (χ1) is 10.7. The summed E-state index contributed by atoms with van der Waals surface area (Å²) >= 11 is -0.547. The van der Waals surface area contributed by atoms with Crippen LogP contribution in [0.25, 0.3) is 0 Å². The smallest absolute Gasteiger partial charge is 0.324 e. The van der Waals surface area contributed by atoms with Crippen molar-refractivity contribution < 1.29 is 34.9 Å². The first-order valence-corrected chi connectivity index (χ1v) is 11.2. The molecule has 1 unspecified atom stereocenters. The molecule has 1 aromatic rings. The minimum atomic E-state index is -4.65. The molecule has 0 aliphatic rings. The van der Waals surface area contributed by atoms with E-state index in [1.165, 1.54) is 25.7 Å². The monoisotopic (exact) mass is 406 g/mol. The van der Waals surface area contributed by atoms with Crippen LogP contribution in [-0.2, 0) is 23.4 Å². The summed E-state index contributed by atoms with van der Waals surface area (Å²) in [5.74, 6) is 0. The minimum Gasteiger partial charge on any atom is -0.324 e. The number of alkyl halides is 3. The summed E-state index contributed by atoms with van der Waals surface area (Å²) in [6.07, 6.45) is -1.17. The fourth-order valence-electron chi connectivity index (χ4n) is 1.85. The lowest BCUT2D eigenvalue weighted by atomic mass is 10.2. The molecule has 0 spiro atoms. The van der Waals surface area contributed by atoms with Crippen LogP contribution in [0, 0.1) is 6.92 Å². The number of hydrogen-bond acceptors (Lipinski definition) is 6. The van der Waals surface area contributed by atoms with Gasteiger partial charge in [0, 0.05) is 11.6 Å². The highest BCUT2D eigenvalue weighted by molar-refractivity contribution is 8.00. The molecule has 1 aromatic carbocycles. The first kappa shape index (κ1) is 21.5. The molecule has 24 heavy (non-hydrogen) atoms. The average molecular weight is 406 g/mol. The number of hydrogen-bond donors (Lipinski definition) is 0. The maximum atomic E-state index is 12.6. The highest BCUT2D eigenvalue weighted by atomic mass is 32.2. The molecule has 1 atom stereocenters. The summed E-state index contributed by atoms with van der Waals surface area (Å²) in [6.45, 7) is 5.78. The van der Waals surface area contributed by atoms with Crippen LogP contribution in [0.3, 0.4) is 0 Å². The van der Waals surface area contributed by atoms with Crippen LogP contribution in [-0.4, -0.2) is 33.0 Å². The van der Waals surface area contributed by atoms with Gasteiger partial charge >= 0.3 is 5.51 Å². The molecule has 0 fully saturated rings. The SMILES string of the molecule is Cc1cccc(SC(F)(F)F)c1S(=O)(=O)OCP(C)(=O)OC(C)C. The van der Waals surface area contributed by atoms with Gasteiger partial charge in [0.1, 0.15) is 11.2 Å². The number of benzene rings is 1. The number of halogens is 3. The molecular formula is C13H18F3O5PS2.